The van der Waals surface area contributed by atoms with Gasteiger partial charge in [-0.25, -0.2) is 4.79 Å². The van der Waals surface area contributed by atoms with Crippen LogP contribution in [0.1, 0.15) is 13.8 Å². The number of amides is 1. The van der Waals surface area contributed by atoms with Gasteiger partial charge in [-0.15, -0.1) is 0 Å². The molecular weight excluding hydrogens is 158 g/mol. The van der Waals surface area contributed by atoms with Crippen LogP contribution in [0.15, 0.2) is 12.7 Å². The van der Waals surface area contributed by atoms with E-state index in [-0.39, 0.29) is 12.5 Å². The van der Waals surface area contributed by atoms with Crippen LogP contribution in [0.3, 0.4) is 0 Å². The summed E-state index contributed by atoms with van der Waals surface area (Å²) in [4.78, 5) is 21.4. The molecule has 0 radical (unpaired) electrons. The van der Waals surface area contributed by atoms with Crippen molar-refractivity contribution in [3.8, 4) is 0 Å². The highest BCUT2D eigenvalue weighted by Crippen LogP contribution is 1.87. The summed E-state index contributed by atoms with van der Waals surface area (Å²) >= 11 is 0. The minimum atomic E-state index is -0.595. The van der Waals surface area contributed by atoms with Gasteiger partial charge >= 0.3 is 5.97 Å². The molecule has 4 nitrogen and oxygen atoms in total. The molecule has 0 bridgehead atoms. The first kappa shape index (κ1) is 10.7. The topological polar surface area (TPSA) is 55.4 Å². The van der Waals surface area contributed by atoms with Gasteiger partial charge in [-0.2, -0.15) is 0 Å². The van der Waals surface area contributed by atoms with Crippen LogP contribution < -0.4 is 5.32 Å². The van der Waals surface area contributed by atoms with E-state index in [9.17, 15) is 9.59 Å². The maximum Gasteiger partial charge on any atom is 0.328 e. The fraction of sp³-hybridized carbons (Fsp3) is 0.500. The molecule has 0 spiro atoms. The van der Waals surface area contributed by atoms with Crippen molar-refractivity contribution in [3.05, 3.63) is 12.7 Å². The largest absolute Gasteiger partial charge is 0.460 e. The van der Waals surface area contributed by atoms with Gasteiger partial charge < -0.3 is 10.1 Å². The Morgan fingerprint density at radius 2 is 2.25 bits per heavy atom. The molecular formula is C8H13NO3. The van der Waals surface area contributed by atoms with Crippen molar-refractivity contribution in [2.45, 2.75) is 19.9 Å². The molecule has 0 fully saturated rings. The number of esters is 1. The van der Waals surface area contributed by atoms with E-state index in [4.69, 9.17) is 0 Å². The lowest BCUT2D eigenvalue weighted by molar-refractivity contribution is -0.146. The molecule has 1 atom stereocenters. The van der Waals surface area contributed by atoms with E-state index in [1.165, 1.54) is 13.0 Å². The molecule has 0 heterocycles. The second-order valence-electron chi connectivity index (χ2n) is 2.34. The first-order valence-electron chi connectivity index (χ1n) is 3.62. The number of nitrogens with one attached hydrogen (secondary N) is 1. The van der Waals surface area contributed by atoms with Gasteiger partial charge in [0.05, 0.1) is 0 Å². The Hall–Kier alpha value is -1.32. The Bertz CT molecular complexity index is 189. The van der Waals surface area contributed by atoms with E-state index in [0.29, 0.717) is 0 Å². The summed E-state index contributed by atoms with van der Waals surface area (Å²) in [6.07, 6.45) is 1.47. The molecule has 0 aromatic rings. The third kappa shape index (κ3) is 4.49. The first-order chi connectivity index (χ1) is 5.57. The van der Waals surface area contributed by atoms with E-state index in [2.05, 4.69) is 16.6 Å². The third-order valence-electron chi connectivity index (χ3n) is 1.12. The van der Waals surface area contributed by atoms with Crippen LogP contribution in [-0.2, 0) is 14.3 Å². The predicted molar refractivity (Wildman–Crippen MR) is 44.4 cm³/mol. The minimum absolute atomic E-state index is 0.169. The zero-order valence-corrected chi connectivity index (χ0v) is 7.29. The summed E-state index contributed by atoms with van der Waals surface area (Å²) < 4.78 is 4.68. The number of carbonyl (C=O) groups is 2. The average molecular weight is 171 g/mol. The zero-order chi connectivity index (χ0) is 9.56. The Kier molecular flexibility index (Phi) is 4.76. The number of hydrogen-bond acceptors (Lipinski definition) is 3. The molecule has 0 saturated carbocycles. The van der Waals surface area contributed by atoms with Crippen LogP contribution in [0.5, 0.6) is 0 Å². The van der Waals surface area contributed by atoms with Crippen LogP contribution in [0.2, 0.25) is 0 Å². The van der Waals surface area contributed by atoms with Crippen LogP contribution in [0.25, 0.3) is 0 Å². The maximum atomic E-state index is 11.0. The van der Waals surface area contributed by atoms with Crippen molar-refractivity contribution in [1.29, 1.82) is 0 Å². The lowest BCUT2D eigenvalue weighted by Crippen LogP contribution is -2.38. The molecule has 1 unspecified atom stereocenters. The highest BCUT2D eigenvalue weighted by molar-refractivity contribution is 5.82. The van der Waals surface area contributed by atoms with E-state index >= 15 is 0 Å². The number of carbonyl (C=O) groups excluding carboxylic acids is 2. The molecule has 4 heteroatoms. The summed E-state index contributed by atoms with van der Waals surface area (Å²) in [6, 6.07) is -0.595. The van der Waals surface area contributed by atoms with Gasteiger partial charge in [0, 0.05) is 6.92 Å². The molecule has 12 heavy (non-hydrogen) atoms. The molecule has 0 aliphatic rings. The fourth-order valence-corrected chi connectivity index (χ4v) is 0.630. The second-order valence-corrected chi connectivity index (χ2v) is 2.34. The number of ether oxygens (including phenoxy) is 1. The molecule has 68 valence electrons. The first-order valence-corrected chi connectivity index (χ1v) is 3.62. The van der Waals surface area contributed by atoms with E-state index < -0.39 is 12.0 Å². The Morgan fingerprint density at radius 3 is 2.67 bits per heavy atom. The Labute approximate surface area is 71.6 Å². The van der Waals surface area contributed by atoms with Gasteiger partial charge in [0.2, 0.25) is 5.91 Å². The maximum absolute atomic E-state index is 11.0. The van der Waals surface area contributed by atoms with Gasteiger partial charge in [0.15, 0.2) is 0 Å². The quantitative estimate of drug-likeness (QED) is 0.487. The van der Waals surface area contributed by atoms with Gasteiger partial charge in [-0.1, -0.05) is 12.7 Å². The fourth-order valence-electron chi connectivity index (χ4n) is 0.630. The Balaban J connectivity index is 3.76. The normalized spacial score (nSPS) is 11.5. The van der Waals surface area contributed by atoms with Crippen molar-refractivity contribution < 1.29 is 14.3 Å². The summed E-state index contributed by atoms with van der Waals surface area (Å²) in [5, 5.41) is 2.40. The lowest BCUT2D eigenvalue weighted by Gasteiger charge is -2.10. The van der Waals surface area contributed by atoms with Crippen LogP contribution in [-0.4, -0.2) is 24.5 Å². The van der Waals surface area contributed by atoms with Gasteiger partial charge in [-0.3, -0.25) is 4.79 Å². The second kappa shape index (κ2) is 5.35. The SMILES string of the molecule is C=CCOC(=O)C(C)NC(C)=O. The molecule has 1 amide bonds. The minimum Gasteiger partial charge on any atom is -0.460 e. The van der Waals surface area contributed by atoms with Gasteiger partial charge in [0.1, 0.15) is 12.6 Å². The summed E-state index contributed by atoms with van der Waals surface area (Å²) in [5.74, 6) is -0.705. The average Bonchev–Trinajstić information content (AvgIpc) is 1.98. The van der Waals surface area contributed by atoms with Crippen LogP contribution in [0.4, 0.5) is 0 Å². The van der Waals surface area contributed by atoms with E-state index in [0.717, 1.165) is 0 Å². The van der Waals surface area contributed by atoms with Crippen molar-refractivity contribution in [3.63, 3.8) is 0 Å². The molecule has 0 aliphatic heterocycles. The van der Waals surface area contributed by atoms with Crippen molar-refractivity contribution in [1.82, 2.24) is 5.32 Å². The molecule has 0 rings (SSSR count). The summed E-state index contributed by atoms with van der Waals surface area (Å²) in [7, 11) is 0. The van der Waals surface area contributed by atoms with Crippen LogP contribution in [0, 0.1) is 0 Å². The van der Waals surface area contributed by atoms with Crippen molar-refractivity contribution >= 4 is 11.9 Å². The van der Waals surface area contributed by atoms with Crippen molar-refractivity contribution in [2.24, 2.45) is 0 Å². The van der Waals surface area contributed by atoms with Gasteiger partial charge in [-0.05, 0) is 6.92 Å². The highest BCUT2D eigenvalue weighted by Gasteiger charge is 2.13. The molecule has 0 saturated heterocycles. The predicted octanol–water partition coefficient (Wildman–Crippen LogP) is 0.240. The van der Waals surface area contributed by atoms with Crippen molar-refractivity contribution in [2.75, 3.05) is 6.61 Å². The molecule has 0 aliphatic carbocycles. The number of rotatable bonds is 4. The van der Waals surface area contributed by atoms with Crippen LogP contribution >= 0.6 is 0 Å². The highest BCUT2D eigenvalue weighted by atomic mass is 16.5. The molecule has 0 aromatic heterocycles. The lowest BCUT2D eigenvalue weighted by atomic mass is 10.3. The van der Waals surface area contributed by atoms with E-state index in [1.807, 2.05) is 0 Å². The number of hydrogen-bond donors (Lipinski definition) is 1. The summed E-state index contributed by atoms with van der Waals surface area (Å²) in [6.45, 7) is 6.46. The van der Waals surface area contributed by atoms with E-state index in [1.54, 1.807) is 6.92 Å². The standard InChI is InChI=1S/C8H13NO3/c1-4-5-12-8(11)6(2)9-7(3)10/h4,6H,1,5H2,2-3H3,(H,9,10). The third-order valence-corrected chi connectivity index (χ3v) is 1.12. The Morgan fingerprint density at radius 1 is 1.67 bits per heavy atom. The summed E-state index contributed by atoms with van der Waals surface area (Å²) in [5.41, 5.74) is 0. The molecule has 1 N–H and O–H groups in total. The smallest absolute Gasteiger partial charge is 0.328 e. The zero-order valence-electron chi connectivity index (χ0n) is 7.29. The van der Waals surface area contributed by atoms with Gasteiger partial charge in [0.25, 0.3) is 0 Å². The monoisotopic (exact) mass is 171 g/mol. The molecule has 0 aromatic carbocycles.